The number of likely N-dealkylation sites (tertiary alicyclic amines) is 1. The molecule has 26 heavy (non-hydrogen) atoms. The maximum atomic E-state index is 5.59. The Morgan fingerprint density at radius 3 is 3.04 bits per heavy atom. The van der Waals surface area contributed by atoms with E-state index in [1.807, 2.05) is 28.9 Å². The van der Waals surface area contributed by atoms with E-state index in [0.717, 1.165) is 42.7 Å². The molecular formula is C19H18N6O. The van der Waals surface area contributed by atoms with Gasteiger partial charge in [0.25, 0.3) is 0 Å². The fourth-order valence-electron chi connectivity index (χ4n) is 3.61. The zero-order valence-corrected chi connectivity index (χ0v) is 14.2. The van der Waals surface area contributed by atoms with Crippen LogP contribution in [0.15, 0.2) is 59.5 Å². The van der Waals surface area contributed by atoms with Crippen LogP contribution in [-0.2, 0) is 6.54 Å². The smallest absolute Gasteiger partial charge is 0.244 e. The van der Waals surface area contributed by atoms with Gasteiger partial charge in [0.2, 0.25) is 11.7 Å². The van der Waals surface area contributed by atoms with E-state index in [2.05, 4.69) is 43.3 Å². The molecule has 0 bridgehead atoms. The van der Waals surface area contributed by atoms with Crippen LogP contribution in [0.2, 0.25) is 0 Å². The molecule has 4 aromatic rings. The van der Waals surface area contributed by atoms with Gasteiger partial charge in [0, 0.05) is 30.7 Å². The fraction of sp³-hybridized carbons (Fsp3) is 0.263. The Labute approximate surface area is 150 Å². The molecule has 0 unspecified atom stereocenters. The lowest BCUT2D eigenvalue weighted by Crippen LogP contribution is -2.24. The lowest BCUT2D eigenvalue weighted by atomic mass is 10.2. The first-order chi connectivity index (χ1) is 12.9. The van der Waals surface area contributed by atoms with Crippen molar-refractivity contribution < 1.29 is 4.52 Å². The van der Waals surface area contributed by atoms with E-state index < -0.39 is 0 Å². The highest BCUT2D eigenvalue weighted by Crippen LogP contribution is 2.33. The minimum atomic E-state index is 0.138. The number of hydrogen-bond donors (Lipinski definition) is 0. The van der Waals surface area contributed by atoms with Crippen molar-refractivity contribution in [2.75, 3.05) is 6.54 Å². The largest absolute Gasteiger partial charge is 0.337 e. The Bertz CT molecular complexity index is 1020. The Morgan fingerprint density at radius 2 is 2.12 bits per heavy atom. The van der Waals surface area contributed by atoms with Gasteiger partial charge in [-0.2, -0.15) is 10.1 Å². The van der Waals surface area contributed by atoms with Crippen LogP contribution in [0.4, 0.5) is 0 Å². The Morgan fingerprint density at radius 1 is 1.12 bits per heavy atom. The second kappa shape index (κ2) is 6.34. The van der Waals surface area contributed by atoms with Crippen LogP contribution in [0.25, 0.3) is 16.9 Å². The average molecular weight is 346 g/mol. The number of rotatable bonds is 4. The first-order valence-electron chi connectivity index (χ1n) is 8.78. The zero-order valence-electron chi connectivity index (χ0n) is 14.2. The van der Waals surface area contributed by atoms with E-state index in [9.17, 15) is 0 Å². The van der Waals surface area contributed by atoms with Gasteiger partial charge in [-0.3, -0.25) is 9.88 Å². The summed E-state index contributed by atoms with van der Waals surface area (Å²) >= 11 is 0. The molecule has 0 spiro atoms. The molecule has 5 heterocycles. The van der Waals surface area contributed by atoms with Gasteiger partial charge in [0.1, 0.15) is 0 Å². The Hall–Kier alpha value is -3.06. The van der Waals surface area contributed by atoms with Gasteiger partial charge in [0.05, 0.1) is 17.3 Å². The second-order valence-corrected chi connectivity index (χ2v) is 6.51. The highest BCUT2D eigenvalue weighted by molar-refractivity contribution is 5.52. The first-order valence-corrected chi connectivity index (χ1v) is 8.78. The summed E-state index contributed by atoms with van der Waals surface area (Å²) in [6, 6.07) is 12.2. The van der Waals surface area contributed by atoms with E-state index in [1.165, 1.54) is 0 Å². The monoisotopic (exact) mass is 346 g/mol. The molecule has 1 saturated heterocycles. The second-order valence-electron chi connectivity index (χ2n) is 6.51. The topological polar surface area (TPSA) is 72.4 Å². The van der Waals surface area contributed by atoms with Crippen LogP contribution in [0.1, 0.15) is 30.5 Å². The summed E-state index contributed by atoms with van der Waals surface area (Å²) in [5.74, 6) is 1.27. The molecule has 1 fully saturated rings. The molecule has 5 rings (SSSR count). The van der Waals surface area contributed by atoms with Crippen LogP contribution in [-0.4, -0.2) is 36.2 Å². The molecule has 1 aliphatic heterocycles. The Kier molecular flexibility index (Phi) is 3.71. The van der Waals surface area contributed by atoms with Crippen molar-refractivity contribution in [2.45, 2.75) is 25.4 Å². The third-order valence-electron chi connectivity index (χ3n) is 4.87. The summed E-state index contributed by atoms with van der Waals surface area (Å²) in [6.07, 6.45) is 7.45. The van der Waals surface area contributed by atoms with Crippen LogP contribution in [0.3, 0.4) is 0 Å². The molecule has 0 N–H and O–H groups in total. The highest BCUT2D eigenvalue weighted by Gasteiger charge is 2.31. The Balaban J connectivity index is 1.41. The van der Waals surface area contributed by atoms with Gasteiger partial charge in [-0.25, -0.2) is 4.52 Å². The predicted molar refractivity (Wildman–Crippen MR) is 95.1 cm³/mol. The summed E-state index contributed by atoms with van der Waals surface area (Å²) in [4.78, 5) is 11.1. The summed E-state index contributed by atoms with van der Waals surface area (Å²) in [7, 11) is 0. The first kappa shape index (κ1) is 15.2. The van der Waals surface area contributed by atoms with E-state index >= 15 is 0 Å². The van der Waals surface area contributed by atoms with Gasteiger partial charge in [0.15, 0.2) is 0 Å². The van der Waals surface area contributed by atoms with Crippen molar-refractivity contribution in [1.29, 1.82) is 0 Å². The van der Waals surface area contributed by atoms with E-state index in [0.29, 0.717) is 11.7 Å². The highest BCUT2D eigenvalue weighted by atomic mass is 16.5. The SMILES string of the molecule is c1cncc(-c2noc([C@@H]3CCCN3Cc3cccc4ccnn34)n2)c1. The molecule has 0 aromatic carbocycles. The number of pyridine rings is 2. The number of hydrogen-bond acceptors (Lipinski definition) is 6. The standard InChI is InChI=1S/C19H18N6O/c1-5-15-8-10-21-25(15)16(6-1)13-24-11-3-7-17(24)19-22-18(23-26-19)14-4-2-9-20-12-14/h1-2,4-6,8-10,12,17H,3,7,11,13H2/t17-/m0/s1. The molecule has 7 nitrogen and oxygen atoms in total. The summed E-state index contributed by atoms with van der Waals surface area (Å²) < 4.78 is 7.58. The van der Waals surface area contributed by atoms with E-state index in [-0.39, 0.29) is 6.04 Å². The minimum absolute atomic E-state index is 0.138. The molecule has 7 heteroatoms. The van der Waals surface area contributed by atoms with Crippen molar-refractivity contribution >= 4 is 5.52 Å². The van der Waals surface area contributed by atoms with Crippen molar-refractivity contribution in [1.82, 2.24) is 29.6 Å². The molecule has 0 amide bonds. The molecule has 0 aliphatic carbocycles. The average Bonchev–Trinajstić information content (AvgIpc) is 3.43. The van der Waals surface area contributed by atoms with Gasteiger partial charge >= 0.3 is 0 Å². The zero-order chi connectivity index (χ0) is 17.3. The van der Waals surface area contributed by atoms with Gasteiger partial charge in [-0.15, -0.1) is 0 Å². The third-order valence-corrected chi connectivity index (χ3v) is 4.87. The predicted octanol–water partition coefficient (Wildman–Crippen LogP) is 3.12. The summed E-state index contributed by atoms with van der Waals surface area (Å²) in [6.45, 7) is 1.81. The molecule has 0 radical (unpaired) electrons. The number of nitrogens with zero attached hydrogens (tertiary/aromatic N) is 6. The normalized spacial score (nSPS) is 17.9. The fourth-order valence-corrected chi connectivity index (χ4v) is 3.61. The molecule has 1 atom stereocenters. The van der Waals surface area contributed by atoms with Gasteiger partial charge < -0.3 is 4.52 Å². The molecule has 4 aromatic heterocycles. The molecule has 1 aliphatic rings. The molecule has 0 saturated carbocycles. The van der Waals surface area contributed by atoms with Gasteiger partial charge in [-0.05, 0) is 49.7 Å². The van der Waals surface area contributed by atoms with E-state index in [4.69, 9.17) is 4.52 Å². The van der Waals surface area contributed by atoms with Crippen molar-refractivity contribution in [3.05, 3.63) is 66.6 Å². The van der Waals surface area contributed by atoms with Crippen molar-refractivity contribution in [3.8, 4) is 11.4 Å². The summed E-state index contributed by atoms with van der Waals surface area (Å²) in [5.41, 5.74) is 3.13. The molecular weight excluding hydrogens is 328 g/mol. The molecule has 130 valence electrons. The van der Waals surface area contributed by atoms with Crippen LogP contribution in [0, 0.1) is 0 Å². The number of fused-ring (bicyclic) bond motifs is 1. The van der Waals surface area contributed by atoms with E-state index in [1.54, 1.807) is 12.4 Å². The van der Waals surface area contributed by atoms with Gasteiger partial charge in [-0.1, -0.05) is 11.2 Å². The maximum absolute atomic E-state index is 5.59. The maximum Gasteiger partial charge on any atom is 0.244 e. The lowest BCUT2D eigenvalue weighted by molar-refractivity contribution is 0.198. The van der Waals surface area contributed by atoms with Crippen LogP contribution in [0.5, 0.6) is 0 Å². The van der Waals surface area contributed by atoms with Crippen LogP contribution >= 0.6 is 0 Å². The lowest BCUT2D eigenvalue weighted by Gasteiger charge is -2.21. The minimum Gasteiger partial charge on any atom is -0.337 e. The number of aromatic nitrogens is 5. The van der Waals surface area contributed by atoms with Crippen LogP contribution < -0.4 is 0 Å². The third kappa shape index (κ3) is 2.66. The quantitative estimate of drug-likeness (QED) is 0.565. The summed E-state index contributed by atoms with van der Waals surface area (Å²) in [5, 5.41) is 8.58. The van der Waals surface area contributed by atoms with Crippen molar-refractivity contribution in [2.24, 2.45) is 0 Å². The van der Waals surface area contributed by atoms with Crippen molar-refractivity contribution in [3.63, 3.8) is 0 Å².